The minimum atomic E-state index is -0.901. The van der Waals surface area contributed by atoms with Gasteiger partial charge in [-0.05, 0) is 42.1 Å². The van der Waals surface area contributed by atoms with E-state index in [1.165, 1.54) is 5.94 Å². The molecule has 0 aromatic carbocycles. The van der Waals surface area contributed by atoms with Crippen molar-refractivity contribution in [2.75, 3.05) is 6.54 Å². The summed E-state index contributed by atoms with van der Waals surface area (Å²) in [7, 11) is 0. The van der Waals surface area contributed by atoms with Gasteiger partial charge in [0.25, 0.3) is 0 Å². The zero-order valence-corrected chi connectivity index (χ0v) is 24.0. The Morgan fingerprint density at radius 2 is 1.81 bits per heavy atom. The van der Waals surface area contributed by atoms with Crippen LogP contribution in [0.25, 0.3) is 0 Å². The summed E-state index contributed by atoms with van der Waals surface area (Å²) < 4.78 is 0. The molecule has 0 saturated carbocycles. The fourth-order valence-electron chi connectivity index (χ4n) is 5.73. The lowest BCUT2D eigenvalue weighted by Gasteiger charge is -2.35. The molecule has 208 valence electrons. The molecule has 1 fully saturated rings. The SMILES string of the molecule is C=C/C=C(\C=C)C[C@H](NC(=O)[C@H](C)C(C)[C@@H]1CCCN1C(=O)CC(C)[C@@H](CCC)[C@@H](C)CC)C(O)=C=O. The van der Waals surface area contributed by atoms with E-state index in [-0.39, 0.29) is 30.2 Å². The fourth-order valence-corrected chi connectivity index (χ4v) is 5.73. The van der Waals surface area contributed by atoms with Gasteiger partial charge in [-0.15, -0.1) is 0 Å². The van der Waals surface area contributed by atoms with Crippen LogP contribution in [0.15, 0.2) is 42.7 Å². The van der Waals surface area contributed by atoms with Gasteiger partial charge in [-0.3, -0.25) is 9.59 Å². The molecule has 0 spiro atoms. The van der Waals surface area contributed by atoms with E-state index in [2.05, 4.69) is 46.2 Å². The highest BCUT2D eigenvalue weighted by molar-refractivity contribution is 5.80. The number of aliphatic hydroxyl groups excluding tert-OH is 1. The minimum Gasteiger partial charge on any atom is -0.500 e. The Balaban J connectivity index is 2.94. The molecule has 0 aromatic rings. The molecule has 7 atom stereocenters. The molecule has 1 rings (SSSR count). The number of aliphatic hydroxyl groups is 1. The van der Waals surface area contributed by atoms with E-state index in [9.17, 15) is 19.5 Å². The molecule has 1 saturated heterocycles. The summed E-state index contributed by atoms with van der Waals surface area (Å²) in [6, 6.07) is -0.909. The molecule has 1 aliphatic heterocycles. The van der Waals surface area contributed by atoms with Gasteiger partial charge in [0.05, 0.1) is 0 Å². The van der Waals surface area contributed by atoms with Gasteiger partial charge in [0.15, 0.2) is 11.7 Å². The summed E-state index contributed by atoms with van der Waals surface area (Å²) in [5, 5.41) is 12.9. The molecule has 6 heteroatoms. The molecule has 1 aliphatic rings. The number of allylic oxidation sites excluding steroid dienone is 3. The van der Waals surface area contributed by atoms with E-state index < -0.39 is 17.7 Å². The number of carbonyl (C=O) groups excluding carboxylic acids is 3. The molecular weight excluding hydrogens is 464 g/mol. The van der Waals surface area contributed by atoms with Crippen molar-refractivity contribution in [1.29, 1.82) is 0 Å². The summed E-state index contributed by atoms with van der Waals surface area (Å²) in [4.78, 5) is 39.8. The number of amides is 2. The van der Waals surface area contributed by atoms with Crippen molar-refractivity contribution in [1.82, 2.24) is 10.2 Å². The van der Waals surface area contributed by atoms with Crippen molar-refractivity contribution in [2.45, 2.75) is 98.6 Å². The van der Waals surface area contributed by atoms with E-state index in [0.717, 1.165) is 44.2 Å². The average Bonchev–Trinajstić information content (AvgIpc) is 3.39. The predicted octanol–water partition coefficient (Wildman–Crippen LogP) is 6.19. The molecule has 1 heterocycles. The lowest BCUT2D eigenvalue weighted by atomic mass is 9.77. The van der Waals surface area contributed by atoms with Gasteiger partial charge in [-0.25, -0.2) is 4.79 Å². The van der Waals surface area contributed by atoms with Crippen LogP contribution >= 0.6 is 0 Å². The maximum atomic E-state index is 13.4. The number of hydrogen-bond donors (Lipinski definition) is 2. The number of hydrogen-bond acceptors (Lipinski definition) is 4. The van der Waals surface area contributed by atoms with Crippen LogP contribution in [0.4, 0.5) is 0 Å². The minimum absolute atomic E-state index is 0.00766. The van der Waals surface area contributed by atoms with Crippen LogP contribution in [0.3, 0.4) is 0 Å². The largest absolute Gasteiger partial charge is 0.500 e. The number of likely N-dealkylation sites (tertiary alicyclic amines) is 1. The van der Waals surface area contributed by atoms with Gasteiger partial charge in [-0.1, -0.05) is 92.2 Å². The Kier molecular flexibility index (Phi) is 14.3. The summed E-state index contributed by atoms with van der Waals surface area (Å²) in [6.07, 6.45) is 10.8. The van der Waals surface area contributed by atoms with Gasteiger partial charge in [0, 0.05) is 31.3 Å². The number of nitrogens with zero attached hydrogens (tertiary/aromatic N) is 1. The lowest BCUT2D eigenvalue weighted by molar-refractivity contribution is -0.136. The third kappa shape index (κ3) is 9.34. The van der Waals surface area contributed by atoms with Crippen LogP contribution in [-0.2, 0) is 14.4 Å². The van der Waals surface area contributed by atoms with Gasteiger partial charge < -0.3 is 15.3 Å². The summed E-state index contributed by atoms with van der Waals surface area (Å²) in [6.45, 7) is 20.9. The van der Waals surface area contributed by atoms with Crippen molar-refractivity contribution in [3.8, 4) is 0 Å². The van der Waals surface area contributed by atoms with Gasteiger partial charge in [-0.2, -0.15) is 0 Å². The topological polar surface area (TPSA) is 86.7 Å². The molecule has 0 bridgehead atoms. The number of rotatable bonds is 16. The number of carbonyl (C=O) groups is 2. The molecule has 37 heavy (non-hydrogen) atoms. The monoisotopic (exact) mass is 514 g/mol. The van der Waals surface area contributed by atoms with Crippen LogP contribution < -0.4 is 5.32 Å². The van der Waals surface area contributed by atoms with Gasteiger partial charge in [0.1, 0.15) is 6.04 Å². The first-order valence-corrected chi connectivity index (χ1v) is 14.0. The highest BCUT2D eigenvalue weighted by Gasteiger charge is 2.38. The first kappa shape index (κ1) is 32.4. The smallest absolute Gasteiger partial charge is 0.223 e. The van der Waals surface area contributed by atoms with E-state index in [1.54, 1.807) is 18.2 Å². The second kappa shape index (κ2) is 16.3. The molecule has 0 aliphatic carbocycles. The van der Waals surface area contributed by atoms with Crippen molar-refractivity contribution >= 4 is 17.8 Å². The Hall–Kier alpha value is -2.59. The molecule has 2 amide bonds. The number of nitrogens with one attached hydrogen (secondary N) is 1. The molecule has 2 unspecified atom stereocenters. The van der Waals surface area contributed by atoms with E-state index >= 15 is 0 Å². The van der Waals surface area contributed by atoms with E-state index in [4.69, 9.17) is 0 Å². The first-order chi connectivity index (χ1) is 17.6. The first-order valence-electron chi connectivity index (χ1n) is 14.0. The van der Waals surface area contributed by atoms with Crippen LogP contribution in [0.1, 0.15) is 86.5 Å². The van der Waals surface area contributed by atoms with E-state index in [1.807, 2.05) is 18.7 Å². The van der Waals surface area contributed by atoms with Crippen LogP contribution in [0.2, 0.25) is 0 Å². The van der Waals surface area contributed by atoms with Gasteiger partial charge in [0.2, 0.25) is 11.8 Å². The Labute approximate surface area is 225 Å². The Morgan fingerprint density at radius 1 is 1.14 bits per heavy atom. The van der Waals surface area contributed by atoms with Crippen LogP contribution in [0, 0.1) is 29.6 Å². The van der Waals surface area contributed by atoms with Crippen LogP contribution in [0.5, 0.6) is 0 Å². The highest BCUT2D eigenvalue weighted by Crippen LogP contribution is 2.34. The van der Waals surface area contributed by atoms with Crippen molar-refractivity contribution < 1.29 is 19.5 Å². The summed E-state index contributed by atoms with van der Waals surface area (Å²) >= 11 is 0. The molecule has 0 aromatic heterocycles. The molecule has 6 nitrogen and oxygen atoms in total. The van der Waals surface area contributed by atoms with E-state index in [0.29, 0.717) is 24.2 Å². The third-order valence-corrected chi connectivity index (χ3v) is 8.44. The molecule has 2 N–H and O–H groups in total. The normalized spacial score (nSPS) is 20.6. The summed E-state index contributed by atoms with van der Waals surface area (Å²) in [5.41, 5.74) is 0.725. The third-order valence-electron chi connectivity index (χ3n) is 8.44. The van der Waals surface area contributed by atoms with Gasteiger partial charge >= 0.3 is 0 Å². The standard InChI is InChI=1S/C31H50N2O4/c1-9-14-25(12-4)19-27(29(35)20-34)32-31(37)24(8)23(7)28-16-13-17-33(28)30(36)18-22(6)26(15-10-2)21(5)11-3/h9,12,14,21-24,26-28,35H,1,4,10-11,13,15-19H2,2-3,5-8H3,(H,32,37)/b25-14+/t21-,22?,23?,24+,26-,27-,28-/m0/s1. The lowest BCUT2D eigenvalue weighted by Crippen LogP contribution is -2.47. The van der Waals surface area contributed by atoms with Crippen molar-refractivity contribution in [3.63, 3.8) is 0 Å². The maximum absolute atomic E-state index is 13.4. The van der Waals surface area contributed by atoms with Crippen molar-refractivity contribution in [2.24, 2.45) is 29.6 Å². The molecular formula is C31H50N2O4. The Bertz CT molecular complexity index is 857. The highest BCUT2D eigenvalue weighted by atomic mass is 16.3. The quantitative estimate of drug-likeness (QED) is 0.146. The second-order valence-electron chi connectivity index (χ2n) is 10.9. The second-order valence-corrected chi connectivity index (χ2v) is 10.9. The predicted molar refractivity (Wildman–Crippen MR) is 152 cm³/mol. The maximum Gasteiger partial charge on any atom is 0.223 e. The average molecular weight is 515 g/mol. The Morgan fingerprint density at radius 3 is 2.35 bits per heavy atom. The zero-order valence-electron chi connectivity index (χ0n) is 24.0. The van der Waals surface area contributed by atoms with Crippen LogP contribution in [-0.4, -0.2) is 46.4 Å². The van der Waals surface area contributed by atoms with Crippen molar-refractivity contribution in [3.05, 3.63) is 42.7 Å². The molecule has 0 radical (unpaired) electrons. The zero-order chi connectivity index (χ0) is 28.1. The summed E-state index contributed by atoms with van der Waals surface area (Å²) in [5.74, 6) is 1.82. The fraction of sp³-hybridized carbons (Fsp3) is 0.677.